The second-order valence-corrected chi connectivity index (χ2v) is 6.16. The Bertz CT molecular complexity index is 890. The third-order valence-corrected chi connectivity index (χ3v) is 4.22. The van der Waals surface area contributed by atoms with Crippen LogP contribution in [0.5, 0.6) is 5.75 Å². The number of hydrogen-bond acceptors (Lipinski definition) is 3. The van der Waals surface area contributed by atoms with Gasteiger partial charge >= 0.3 is 0 Å². The third kappa shape index (κ3) is 4.82. The van der Waals surface area contributed by atoms with E-state index < -0.39 is 0 Å². The molecular formula is C23H21NO3. The molecule has 0 aliphatic carbocycles. The lowest BCUT2D eigenvalue weighted by Gasteiger charge is -2.17. The van der Waals surface area contributed by atoms with Crippen LogP contribution in [0.2, 0.25) is 0 Å². The zero-order valence-corrected chi connectivity index (χ0v) is 15.2. The number of carbonyl (C=O) groups excluding carboxylic acids is 2. The van der Waals surface area contributed by atoms with Gasteiger partial charge in [-0.2, -0.15) is 0 Å². The maximum atomic E-state index is 12.5. The first-order valence-corrected chi connectivity index (χ1v) is 8.78. The minimum atomic E-state index is -0.106. The number of carbonyl (C=O) groups is 2. The molecule has 3 aromatic carbocycles. The van der Waals surface area contributed by atoms with Gasteiger partial charge in [-0.15, -0.1) is 0 Å². The van der Waals surface area contributed by atoms with Gasteiger partial charge in [-0.1, -0.05) is 60.7 Å². The van der Waals surface area contributed by atoms with E-state index in [-0.39, 0.29) is 11.7 Å². The SMILES string of the molecule is CN(CCOc1ccccc1)C(=O)c1ccc(C(=O)c2ccccc2)cc1. The van der Waals surface area contributed by atoms with Gasteiger partial charge in [-0.05, 0) is 24.3 Å². The van der Waals surface area contributed by atoms with Crippen molar-refractivity contribution >= 4 is 11.7 Å². The van der Waals surface area contributed by atoms with E-state index in [0.29, 0.717) is 29.8 Å². The minimum Gasteiger partial charge on any atom is -0.492 e. The molecule has 0 aliphatic rings. The van der Waals surface area contributed by atoms with Crippen molar-refractivity contribution in [3.8, 4) is 5.75 Å². The van der Waals surface area contributed by atoms with Crippen molar-refractivity contribution in [2.75, 3.05) is 20.2 Å². The zero-order chi connectivity index (χ0) is 19.1. The molecule has 0 unspecified atom stereocenters. The van der Waals surface area contributed by atoms with Gasteiger partial charge in [0.1, 0.15) is 12.4 Å². The molecule has 3 rings (SSSR count). The Morgan fingerprint density at radius 2 is 1.26 bits per heavy atom. The summed E-state index contributed by atoms with van der Waals surface area (Å²) in [7, 11) is 1.74. The highest BCUT2D eigenvalue weighted by Crippen LogP contribution is 2.13. The van der Waals surface area contributed by atoms with Crippen molar-refractivity contribution in [3.63, 3.8) is 0 Å². The van der Waals surface area contributed by atoms with E-state index in [2.05, 4.69) is 0 Å². The average Bonchev–Trinajstić information content (AvgIpc) is 2.74. The molecule has 0 spiro atoms. The summed E-state index contributed by atoms with van der Waals surface area (Å²) in [6.45, 7) is 0.884. The van der Waals surface area contributed by atoms with E-state index in [4.69, 9.17) is 4.74 Å². The molecule has 3 aromatic rings. The molecule has 0 heterocycles. The summed E-state index contributed by atoms with van der Waals surface area (Å²) in [5, 5.41) is 0. The summed E-state index contributed by atoms with van der Waals surface area (Å²) < 4.78 is 5.62. The largest absolute Gasteiger partial charge is 0.492 e. The molecule has 0 aromatic heterocycles. The van der Waals surface area contributed by atoms with Crippen LogP contribution >= 0.6 is 0 Å². The van der Waals surface area contributed by atoms with E-state index in [1.54, 1.807) is 48.3 Å². The number of amides is 1. The highest BCUT2D eigenvalue weighted by Gasteiger charge is 2.13. The number of likely N-dealkylation sites (N-methyl/N-ethyl adjacent to an activating group) is 1. The van der Waals surface area contributed by atoms with Crippen LogP contribution < -0.4 is 4.74 Å². The van der Waals surface area contributed by atoms with Crippen LogP contribution in [0, 0.1) is 0 Å². The van der Waals surface area contributed by atoms with Gasteiger partial charge in [-0.3, -0.25) is 9.59 Å². The zero-order valence-electron chi connectivity index (χ0n) is 15.2. The van der Waals surface area contributed by atoms with Gasteiger partial charge in [0.2, 0.25) is 0 Å². The van der Waals surface area contributed by atoms with Crippen LogP contribution in [0.15, 0.2) is 84.9 Å². The Morgan fingerprint density at radius 3 is 1.89 bits per heavy atom. The number of benzene rings is 3. The molecule has 0 bridgehead atoms. The molecular weight excluding hydrogens is 338 g/mol. The summed E-state index contributed by atoms with van der Waals surface area (Å²) in [5.41, 5.74) is 1.74. The molecule has 0 aliphatic heterocycles. The van der Waals surface area contributed by atoms with E-state index in [1.165, 1.54) is 0 Å². The van der Waals surface area contributed by atoms with Gasteiger partial charge in [0, 0.05) is 23.7 Å². The summed E-state index contributed by atoms with van der Waals surface area (Å²) in [6.07, 6.45) is 0. The molecule has 0 N–H and O–H groups in total. The number of ether oxygens (including phenoxy) is 1. The topological polar surface area (TPSA) is 46.6 Å². The normalized spacial score (nSPS) is 10.3. The molecule has 4 heteroatoms. The highest BCUT2D eigenvalue weighted by atomic mass is 16.5. The van der Waals surface area contributed by atoms with Crippen molar-refractivity contribution in [2.45, 2.75) is 0 Å². The third-order valence-electron chi connectivity index (χ3n) is 4.22. The van der Waals surface area contributed by atoms with Crippen LogP contribution in [-0.2, 0) is 0 Å². The Balaban J connectivity index is 1.57. The second kappa shape index (κ2) is 8.81. The summed E-state index contributed by atoms with van der Waals surface area (Å²) in [5.74, 6) is 0.617. The van der Waals surface area contributed by atoms with Crippen molar-refractivity contribution in [1.82, 2.24) is 4.90 Å². The number of nitrogens with zero attached hydrogens (tertiary/aromatic N) is 1. The summed E-state index contributed by atoms with van der Waals surface area (Å²) in [6, 6.07) is 25.3. The standard InChI is InChI=1S/C23H21NO3/c1-24(16-17-27-21-10-6-3-7-11-21)23(26)20-14-12-19(13-15-20)22(25)18-8-4-2-5-9-18/h2-15H,16-17H2,1H3. The molecule has 1 amide bonds. The first-order chi connectivity index (χ1) is 13.1. The number of hydrogen-bond donors (Lipinski definition) is 0. The van der Waals surface area contributed by atoms with Gasteiger partial charge in [0.25, 0.3) is 5.91 Å². The van der Waals surface area contributed by atoms with Crippen molar-refractivity contribution in [2.24, 2.45) is 0 Å². The molecule has 0 fully saturated rings. The molecule has 0 radical (unpaired) electrons. The minimum absolute atomic E-state index is 0.0563. The Hall–Kier alpha value is -3.40. The quantitative estimate of drug-likeness (QED) is 0.598. The average molecular weight is 359 g/mol. The maximum absolute atomic E-state index is 12.5. The first-order valence-electron chi connectivity index (χ1n) is 8.78. The number of ketones is 1. The smallest absolute Gasteiger partial charge is 0.253 e. The predicted octanol–water partition coefficient (Wildman–Crippen LogP) is 4.07. The molecule has 136 valence electrons. The number of rotatable bonds is 7. The Labute approximate surface area is 159 Å². The van der Waals surface area contributed by atoms with E-state index >= 15 is 0 Å². The monoisotopic (exact) mass is 359 g/mol. The van der Waals surface area contributed by atoms with Crippen LogP contribution in [0.1, 0.15) is 26.3 Å². The van der Waals surface area contributed by atoms with Crippen LogP contribution in [0.3, 0.4) is 0 Å². The predicted molar refractivity (Wildman–Crippen MR) is 105 cm³/mol. The second-order valence-electron chi connectivity index (χ2n) is 6.16. The van der Waals surface area contributed by atoms with E-state index in [0.717, 1.165) is 5.75 Å². The maximum Gasteiger partial charge on any atom is 0.253 e. The van der Waals surface area contributed by atoms with Gasteiger partial charge in [0.15, 0.2) is 5.78 Å². The Kier molecular flexibility index (Phi) is 6.00. The van der Waals surface area contributed by atoms with E-state index in [1.807, 2.05) is 48.5 Å². The van der Waals surface area contributed by atoms with Crippen LogP contribution in [0.25, 0.3) is 0 Å². The van der Waals surface area contributed by atoms with Crippen molar-refractivity contribution in [1.29, 1.82) is 0 Å². The van der Waals surface area contributed by atoms with Gasteiger partial charge in [0.05, 0.1) is 6.54 Å². The first kappa shape index (κ1) is 18.4. The molecule has 0 saturated heterocycles. The highest BCUT2D eigenvalue weighted by molar-refractivity contribution is 6.09. The van der Waals surface area contributed by atoms with E-state index in [9.17, 15) is 9.59 Å². The lowest BCUT2D eigenvalue weighted by atomic mass is 10.0. The van der Waals surface area contributed by atoms with Crippen molar-refractivity contribution < 1.29 is 14.3 Å². The lowest BCUT2D eigenvalue weighted by Crippen LogP contribution is -2.30. The number of para-hydroxylation sites is 1. The fraction of sp³-hybridized carbons (Fsp3) is 0.130. The molecule has 4 nitrogen and oxygen atoms in total. The fourth-order valence-corrected chi connectivity index (χ4v) is 2.66. The Morgan fingerprint density at radius 1 is 0.741 bits per heavy atom. The lowest BCUT2D eigenvalue weighted by molar-refractivity contribution is 0.0773. The van der Waals surface area contributed by atoms with Crippen LogP contribution in [-0.4, -0.2) is 36.8 Å². The fourth-order valence-electron chi connectivity index (χ4n) is 2.66. The van der Waals surface area contributed by atoms with Crippen LogP contribution in [0.4, 0.5) is 0 Å². The van der Waals surface area contributed by atoms with Gasteiger partial charge in [-0.25, -0.2) is 0 Å². The van der Waals surface area contributed by atoms with Gasteiger partial charge < -0.3 is 9.64 Å². The summed E-state index contributed by atoms with van der Waals surface area (Å²) in [4.78, 5) is 26.6. The molecule has 27 heavy (non-hydrogen) atoms. The van der Waals surface area contributed by atoms with Crippen molar-refractivity contribution in [3.05, 3.63) is 102 Å². The molecule has 0 saturated carbocycles. The summed E-state index contributed by atoms with van der Waals surface area (Å²) >= 11 is 0. The molecule has 0 atom stereocenters.